The summed E-state index contributed by atoms with van der Waals surface area (Å²) in [7, 11) is 0. The number of rotatable bonds is 2. The summed E-state index contributed by atoms with van der Waals surface area (Å²) in [5.41, 5.74) is 1.17. The van der Waals surface area contributed by atoms with Gasteiger partial charge in [-0.3, -0.25) is 9.97 Å². The summed E-state index contributed by atoms with van der Waals surface area (Å²) in [6, 6.07) is 0. The highest BCUT2D eigenvalue weighted by Crippen LogP contribution is 2.38. The molecule has 1 saturated carbocycles. The highest BCUT2D eigenvalue weighted by molar-refractivity contribution is 5.00. The fraction of sp³-hybridized carbons (Fsp3) is 0.692. The lowest BCUT2D eigenvalue weighted by atomic mass is 9.72. The van der Waals surface area contributed by atoms with Gasteiger partial charge in [-0.15, -0.1) is 0 Å². The van der Waals surface area contributed by atoms with Crippen LogP contribution in [-0.4, -0.2) is 23.1 Å². The van der Waals surface area contributed by atoms with Crippen molar-refractivity contribution >= 4 is 0 Å². The van der Waals surface area contributed by atoms with Gasteiger partial charge in [-0.05, 0) is 50.1 Å². The molecule has 1 aromatic rings. The Morgan fingerprint density at radius 2 is 2.25 bits per heavy atom. The van der Waals surface area contributed by atoms with Crippen LogP contribution in [0.15, 0.2) is 18.6 Å². The molecule has 3 rings (SSSR count). The van der Waals surface area contributed by atoms with Gasteiger partial charge >= 0.3 is 0 Å². The van der Waals surface area contributed by atoms with E-state index in [0.717, 1.165) is 24.2 Å². The topological polar surface area (TPSA) is 37.8 Å². The molecule has 0 bridgehead atoms. The Kier molecular flexibility index (Phi) is 2.87. The molecule has 1 saturated heterocycles. The first-order valence-corrected chi connectivity index (χ1v) is 6.39. The maximum Gasteiger partial charge on any atom is 0.0589 e. The summed E-state index contributed by atoms with van der Waals surface area (Å²) < 4.78 is 0. The minimum Gasteiger partial charge on any atom is -0.316 e. The van der Waals surface area contributed by atoms with Crippen LogP contribution in [0.5, 0.6) is 0 Å². The largest absolute Gasteiger partial charge is 0.316 e. The molecule has 2 heterocycles. The lowest BCUT2D eigenvalue weighted by Crippen LogP contribution is -2.28. The third-order valence-corrected chi connectivity index (χ3v) is 4.24. The minimum absolute atomic E-state index is 0.824. The standard InChI is InChI=1S/C13H19N3/c1-2-10(6-12-8-14-4-5-16-12)13-9-15-7-11(13)3-1/h4-5,8,10-11,13,15H,1-3,6-7,9H2. The Balaban J connectivity index is 1.70. The van der Waals surface area contributed by atoms with Crippen molar-refractivity contribution in [1.29, 1.82) is 0 Å². The first-order valence-electron chi connectivity index (χ1n) is 6.39. The Morgan fingerprint density at radius 3 is 3.12 bits per heavy atom. The highest BCUT2D eigenvalue weighted by Gasteiger charge is 2.36. The second-order valence-electron chi connectivity index (χ2n) is 5.17. The minimum atomic E-state index is 0.824. The van der Waals surface area contributed by atoms with Crippen molar-refractivity contribution in [2.75, 3.05) is 13.1 Å². The average molecular weight is 217 g/mol. The van der Waals surface area contributed by atoms with Gasteiger partial charge in [-0.1, -0.05) is 6.42 Å². The summed E-state index contributed by atoms with van der Waals surface area (Å²) >= 11 is 0. The van der Waals surface area contributed by atoms with E-state index in [4.69, 9.17) is 0 Å². The molecule has 1 N–H and O–H groups in total. The summed E-state index contributed by atoms with van der Waals surface area (Å²) in [5, 5.41) is 3.54. The van der Waals surface area contributed by atoms with Crippen LogP contribution in [-0.2, 0) is 6.42 Å². The Labute approximate surface area is 96.7 Å². The van der Waals surface area contributed by atoms with E-state index >= 15 is 0 Å². The molecule has 0 spiro atoms. The molecule has 1 aliphatic heterocycles. The van der Waals surface area contributed by atoms with E-state index in [0.29, 0.717) is 0 Å². The van der Waals surface area contributed by atoms with Crippen LogP contribution < -0.4 is 5.32 Å². The molecule has 0 amide bonds. The first kappa shape index (κ1) is 10.2. The fourth-order valence-corrected chi connectivity index (χ4v) is 3.43. The van der Waals surface area contributed by atoms with Gasteiger partial charge in [0.1, 0.15) is 0 Å². The van der Waals surface area contributed by atoms with Gasteiger partial charge in [0.25, 0.3) is 0 Å². The highest BCUT2D eigenvalue weighted by atomic mass is 14.9. The van der Waals surface area contributed by atoms with Crippen LogP contribution in [0, 0.1) is 17.8 Å². The monoisotopic (exact) mass is 217 g/mol. The number of hydrogen-bond acceptors (Lipinski definition) is 3. The number of fused-ring (bicyclic) bond motifs is 1. The molecule has 16 heavy (non-hydrogen) atoms. The molecule has 3 atom stereocenters. The fourth-order valence-electron chi connectivity index (χ4n) is 3.43. The van der Waals surface area contributed by atoms with Gasteiger partial charge in [-0.25, -0.2) is 0 Å². The number of nitrogens with zero attached hydrogens (tertiary/aromatic N) is 2. The first-order chi connectivity index (χ1) is 7.93. The van der Waals surface area contributed by atoms with Crippen LogP contribution >= 0.6 is 0 Å². The quantitative estimate of drug-likeness (QED) is 0.818. The summed E-state index contributed by atoms with van der Waals surface area (Å²) in [6.07, 6.45) is 10.8. The second-order valence-corrected chi connectivity index (χ2v) is 5.17. The van der Waals surface area contributed by atoms with Crippen molar-refractivity contribution in [3.63, 3.8) is 0 Å². The summed E-state index contributed by atoms with van der Waals surface area (Å²) in [5.74, 6) is 2.64. The zero-order chi connectivity index (χ0) is 10.8. The van der Waals surface area contributed by atoms with E-state index in [1.807, 2.05) is 12.4 Å². The Hall–Kier alpha value is -0.960. The maximum absolute atomic E-state index is 4.40. The smallest absolute Gasteiger partial charge is 0.0589 e. The van der Waals surface area contributed by atoms with Crippen LogP contribution in [0.4, 0.5) is 0 Å². The molecule has 1 aromatic heterocycles. The SMILES string of the molecule is c1cnc(CC2CCCC3CNCC32)cn1. The summed E-state index contributed by atoms with van der Waals surface area (Å²) in [4.78, 5) is 8.56. The van der Waals surface area contributed by atoms with Crippen LogP contribution in [0.25, 0.3) is 0 Å². The van der Waals surface area contributed by atoms with Gasteiger partial charge in [0, 0.05) is 18.6 Å². The maximum atomic E-state index is 4.40. The van der Waals surface area contributed by atoms with E-state index in [9.17, 15) is 0 Å². The molecule has 0 radical (unpaired) electrons. The molecule has 2 fully saturated rings. The van der Waals surface area contributed by atoms with Gasteiger partial charge in [0.2, 0.25) is 0 Å². The van der Waals surface area contributed by atoms with Crippen molar-refractivity contribution in [3.05, 3.63) is 24.3 Å². The lowest BCUT2D eigenvalue weighted by molar-refractivity contribution is 0.197. The van der Waals surface area contributed by atoms with Gasteiger partial charge in [0.05, 0.1) is 5.69 Å². The van der Waals surface area contributed by atoms with E-state index in [1.54, 1.807) is 6.20 Å². The zero-order valence-electron chi connectivity index (χ0n) is 9.60. The normalized spacial score (nSPS) is 33.6. The number of aromatic nitrogens is 2. The molecule has 1 aliphatic carbocycles. The van der Waals surface area contributed by atoms with E-state index in [1.165, 1.54) is 38.0 Å². The van der Waals surface area contributed by atoms with E-state index in [-0.39, 0.29) is 0 Å². The molecule has 3 heteroatoms. The molecular formula is C13H19N3. The number of nitrogens with one attached hydrogen (secondary N) is 1. The van der Waals surface area contributed by atoms with Crippen molar-refractivity contribution in [3.8, 4) is 0 Å². The molecule has 3 unspecified atom stereocenters. The molecular weight excluding hydrogens is 198 g/mol. The number of hydrogen-bond donors (Lipinski definition) is 1. The van der Waals surface area contributed by atoms with Gasteiger partial charge in [0.15, 0.2) is 0 Å². The molecule has 86 valence electrons. The van der Waals surface area contributed by atoms with Crippen molar-refractivity contribution in [2.24, 2.45) is 17.8 Å². The van der Waals surface area contributed by atoms with Gasteiger partial charge in [-0.2, -0.15) is 0 Å². The third-order valence-electron chi connectivity index (χ3n) is 4.24. The van der Waals surface area contributed by atoms with Crippen molar-refractivity contribution < 1.29 is 0 Å². The van der Waals surface area contributed by atoms with Gasteiger partial charge < -0.3 is 5.32 Å². The van der Waals surface area contributed by atoms with E-state index < -0.39 is 0 Å². The van der Waals surface area contributed by atoms with Crippen molar-refractivity contribution in [1.82, 2.24) is 15.3 Å². The Bertz CT molecular complexity index is 338. The van der Waals surface area contributed by atoms with Crippen LogP contribution in [0.3, 0.4) is 0 Å². The predicted octanol–water partition coefficient (Wildman–Crippen LogP) is 1.65. The lowest BCUT2D eigenvalue weighted by Gasteiger charge is -2.32. The average Bonchev–Trinajstić information content (AvgIpc) is 2.80. The van der Waals surface area contributed by atoms with Crippen molar-refractivity contribution in [2.45, 2.75) is 25.7 Å². The predicted molar refractivity (Wildman–Crippen MR) is 62.9 cm³/mol. The molecule has 2 aliphatic rings. The molecule has 3 nitrogen and oxygen atoms in total. The third kappa shape index (κ3) is 1.96. The summed E-state index contributed by atoms with van der Waals surface area (Å²) in [6.45, 7) is 2.46. The molecule has 0 aromatic carbocycles. The zero-order valence-corrected chi connectivity index (χ0v) is 9.60. The Morgan fingerprint density at radius 1 is 1.25 bits per heavy atom. The second kappa shape index (κ2) is 4.50. The van der Waals surface area contributed by atoms with Crippen LogP contribution in [0.1, 0.15) is 25.0 Å². The van der Waals surface area contributed by atoms with E-state index in [2.05, 4.69) is 15.3 Å². The van der Waals surface area contributed by atoms with Crippen LogP contribution in [0.2, 0.25) is 0 Å².